The van der Waals surface area contributed by atoms with Crippen LogP contribution in [0.2, 0.25) is 5.02 Å². The lowest BCUT2D eigenvalue weighted by atomic mass is 9.95. The molecule has 0 bridgehead atoms. The fraction of sp³-hybridized carbons (Fsp3) is 0.440. The Labute approximate surface area is 194 Å². The molecule has 3 rings (SSSR count). The van der Waals surface area contributed by atoms with E-state index in [9.17, 15) is 9.59 Å². The minimum Gasteiger partial charge on any atom is -0.352 e. The van der Waals surface area contributed by atoms with Gasteiger partial charge in [-0.2, -0.15) is 0 Å². The van der Waals surface area contributed by atoms with E-state index in [0.29, 0.717) is 17.3 Å². The lowest BCUT2D eigenvalue weighted by molar-refractivity contribution is -0.139. The molecule has 6 heteroatoms. The topological polar surface area (TPSA) is 49.4 Å². The van der Waals surface area contributed by atoms with Crippen molar-refractivity contribution in [2.24, 2.45) is 0 Å². The summed E-state index contributed by atoms with van der Waals surface area (Å²) in [7, 11) is 0. The quantitative estimate of drug-likeness (QED) is 0.544. The van der Waals surface area contributed by atoms with Gasteiger partial charge in [-0.1, -0.05) is 73.3 Å². The zero-order valence-corrected chi connectivity index (χ0v) is 19.6. The zero-order chi connectivity index (χ0) is 22.1. The predicted octanol–water partition coefficient (Wildman–Crippen LogP) is 5.44. The maximum absolute atomic E-state index is 13.2. The number of hydrogen-bond acceptors (Lipinski definition) is 3. The molecule has 1 saturated carbocycles. The number of nitrogens with zero attached hydrogens (tertiary/aromatic N) is 1. The first kappa shape index (κ1) is 23.7. The second-order valence-corrected chi connectivity index (χ2v) is 9.57. The second kappa shape index (κ2) is 12.2. The van der Waals surface area contributed by atoms with Crippen LogP contribution in [-0.2, 0) is 21.9 Å². The summed E-state index contributed by atoms with van der Waals surface area (Å²) >= 11 is 7.72. The first-order valence-electron chi connectivity index (χ1n) is 11.0. The minimum atomic E-state index is -0.536. The molecule has 0 heterocycles. The van der Waals surface area contributed by atoms with Gasteiger partial charge >= 0.3 is 0 Å². The van der Waals surface area contributed by atoms with E-state index in [1.807, 2.05) is 49.4 Å². The van der Waals surface area contributed by atoms with Crippen LogP contribution in [0.3, 0.4) is 0 Å². The van der Waals surface area contributed by atoms with Crippen LogP contribution < -0.4 is 5.32 Å². The highest BCUT2D eigenvalue weighted by molar-refractivity contribution is 7.99. The summed E-state index contributed by atoms with van der Waals surface area (Å²) in [5.41, 5.74) is 2.11. The van der Waals surface area contributed by atoms with E-state index in [0.717, 1.165) is 37.0 Å². The number of halogens is 1. The maximum Gasteiger partial charge on any atom is 0.242 e. The van der Waals surface area contributed by atoms with Gasteiger partial charge in [-0.05, 0) is 43.0 Å². The molecule has 0 aliphatic heterocycles. The third-order valence-corrected chi connectivity index (χ3v) is 6.92. The van der Waals surface area contributed by atoms with Crippen molar-refractivity contribution in [1.82, 2.24) is 10.2 Å². The molecule has 1 aliphatic rings. The van der Waals surface area contributed by atoms with E-state index < -0.39 is 6.04 Å². The largest absolute Gasteiger partial charge is 0.352 e. The molecule has 0 saturated heterocycles. The number of amides is 2. The summed E-state index contributed by atoms with van der Waals surface area (Å²) in [5, 5.41) is 3.79. The van der Waals surface area contributed by atoms with Crippen molar-refractivity contribution in [3.05, 3.63) is 70.7 Å². The molecule has 2 aromatic carbocycles. The third-order valence-electron chi connectivity index (χ3n) is 5.70. The Morgan fingerprint density at radius 3 is 2.48 bits per heavy atom. The molecule has 0 spiro atoms. The smallest absolute Gasteiger partial charge is 0.242 e. The Hall–Kier alpha value is -1.98. The Bertz CT molecular complexity index is 856. The van der Waals surface area contributed by atoms with Gasteiger partial charge in [0.05, 0.1) is 5.75 Å². The van der Waals surface area contributed by atoms with Gasteiger partial charge < -0.3 is 10.2 Å². The molecule has 166 valence electrons. The molecule has 0 aromatic heterocycles. The molecule has 31 heavy (non-hydrogen) atoms. The molecule has 1 N–H and O–H groups in total. The molecule has 4 nitrogen and oxygen atoms in total. The zero-order valence-electron chi connectivity index (χ0n) is 18.1. The first-order valence-corrected chi connectivity index (χ1v) is 12.5. The third kappa shape index (κ3) is 7.58. The molecule has 0 radical (unpaired) electrons. The van der Waals surface area contributed by atoms with E-state index in [1.54, 1.807) is 16.7 Å². The lowest BCUT2D eigenvalue weighted by Gasteiger charge is -2.31. The van der Waals surface area contributed by atoms with Gasteiger partial charge in [-0.3, -0.25) is 9.59 Å². The van der Waals surface area contributed by atoms with Crippen molar-refractivity contribution in [2.75, 3.05) is 5.75 Å². The highest BCUT2D eigenvalue weighted by atomic mass is 35.5. The van der Waals surface area contributed by atoms with E-state index in [1.165, 1.54) is 12.0 Å². The first-order chi connectivity index (χ1) is 15.0. The fourth-order valence-corrected chi connectivity index (χ4v) is 4.98. The summed E-state index contributed by atoms with van der Waals surface area (Å²) in [5.74, 6) is 0.985. The van der Waals surface area contributed by atoms with E-state index in [4.69, 9.17) is 11.6 Å². The van der Waals surface area contributed by atoms with Gasteiger partial charge in [0.25, 0.3) is 0 Å². The summed E-state index contributed by atoms with van der Waals surface area (Å²) in [6.45, 7) is 2.19. The van der Waals surface area contributed by atoms with Crippen LogP contribution in [0.4, 0.5) is 0 Å². The van der Waals surface area contributed by atoms with Crippen molar-refractivity contribution < 1.29 is 9.59 Å². The van der Waals surface area contributed by atoms with Gasteiger partial charge in [0.2, 0.25) is 11.8 Å². The molecule has 2 aromatic rings. The standard InChI is InChI=1S/C25H31ClN2O2S/c1-19(25(30)27-23-13-6-3-7-14-23)28(16-21-11-8-12-22(26)15-21)24(29)18-31-17-20-9-4-2-5-10-20/h2,4-5,8-12,15,19,23H,3,6-7,13-14,16-18H2,1H3,(H,27,30)/t19-/m0/s1. The fourth-order valence-electron chi connectivity index (χ4n) is 3.90. The van der Waals surface area contributed by atoms with Gasteiger partial charge in [0, 0.05) is 23.4 Å². The molecule has 1 fully saturated rings. The average Bonchev–Trinajstić information content (AvgIpc) is 2.78. The summed E-state index contributed by atoms with van der Waals surface area (Å²) in [6, 6.07) is 17.3. The average molecular weight is 459 g/mol. The van der Waals surface area contributed by atoms with Crippen LogP contribution in [0.15, 0.2) is 54.6 Å². The molecular formula is C25H31ClN2O2S. The summed E-state index contributed by atoms with van der Waals surface area (Å²) < 4.78 is 0. The van der Waals surface area contributed by atoms with Gasteiger partial charge in [0.1, 0.15) is 6.04 Å². The highest BCUT2D eigenvalue weighted by Crippen LogP contribution is 2.20. The molecular weight excluding hydrogens is 428 g/mol. The van der Waals surface area contributed by atoms with Crippen LogP contribution in [0.1, 0.15) is 50.2 Å². The van der Waals surface area contributed by atoms with Gasteiger partial charge in [0.15, 0.2) is 0 Å². The number of rotatable bonds is 9. The van der Waals surface area contributed by atoms with Gasteiger partial charge in [-0.15, -0.1) is 11.8 Å². The van der Waals surface area contributed by atoms with Crippen LogP contribution in [-0.4, -0.2) is 34.6 Å². The van der Waals surface area contributed by atoms with Crippen LogP contribution >= 0.6 is 23.4 Å². The maximum atomic E-state index is 13.2. The van der Waals surface area contributed by atoms with Gasteiger partial charge in [-0.25, -0.2) is 0 Å². The molecule has 0 unspecified atom stereocenters. The Morgan fingerprint density at radius 1 is 1.06 bits per heavy atom. The van der Waals surface area contributed by atoms with Crippen molar-refractivity contribution in [2.45, 2.75) is 63.4 Å². The van der Waals surface area contributed by atoms with Crippen LogP contribution in [0.5, 0.6) is 0 Å². The summed E-state index contributed by atoms with van der Waals surface area (Å²) in [6.07, 6.45) is 5.59. The molecule has 1 aliphatic carbocycles. The predicted molar refractivity (Wildman–Crippen MR) is 129 cm³/mol. The summed E-state index contributed by atoms with van der Waals surface area (Å²) in [4.78, 5) is 27.8. The normalized spacial score (nSPS) is 15.3. The van der Waals surface area contributed by atoms with E-state index >= 15 is 0 Å². The minimum absolute atomic E-state index is 0.0350. The number of carbonyl (C=O) groups excluding carboxylic acids is 2. The van der Waals surface area contributed by atoms with Crippen molar-refractivity contribution in [3.63, 3.8) is 0 Å². The van der Waals surface area contributed by atoms with Crippen molar-refractivity contribution in [3.8, 4) is 0 Å². The Kier molecular flexibility index (Phi) is 9.29. The Balaban J connectivity index is 1.65. The number of carbonyl (C=O) groups is 2. The second-order valence-electron chi connectivity index (χ2n) is 8.15. The van der Waals surface area contributed by atoms with Crippen LogP contribution in [0, 0.1) is 0 Å². The number of benzene rings is 2. The number of nitrogens with one attached hydrogen (secondary N) is 1. The molecule has 1 atom stereocenters. The van der Waals surface area contributed by atoms with E-state index in [-0.39, 0.29) is 17.9 Å². The lowest BCUT2D eigenvalue weighted by Crippen LogP contribution is -2.50. The SMILES string of the molecule is C[C@@H](C(=O)NC1CCCCC1)N(Cc1cccc(Cl)c1)C(=O)CSCc1ccccc1. The monoisotopic (exact) mass is 458 g/mol. The van der Waals surface area contributed by atoms with E-state index in [2.05, 4.69) is 17.4 Å². The molecule has 2 amide bonds. The van der Waals surface area contributed by atoms with Crippen LogP contribution in [0.25, 0.3) is 0 Å². The number of hydrogen-bond donors (Lipinski definition) is 1. The Morgan fingerprint density at radius 2 is 1.77 bits per heavy atom. The van der Waals surface area contributed by atoms with Crippen molar-refractivity contribution in [1.29, 1.82) is 0 Å². The highest BCUT2D eigenvalue weighted by Gasteiger charge is 2.28. The number of thioether (sulfide) groups is 1. The van der Waals surface area contributed by atoms with Crippen molar-refractivity contribution >= 4 is 35.2 Å².